The van der Waals surface area contributed by atoms with Gasteiger partial charge in [0.1, 0.15) is 17.9 Å². The molecule has 1 N–H and O–H groups in total. The Morgan fingerprint density at radius 3 is 2.48 bits per heavy atom. The molecule has 0 saturated carbocycles. The minimum Gasteiger partial charge on any atom is -0.344 e. The second kappa shape index (κ2) is 7.46. The number of benzene rings is 2. The molecular formula is C21H22N6O2. The summed E-state index contributed by atoms with van der Waals surface area (Å²) in [6.45, 7) is 3.84. The van der Waals surface area contributed by atoms with Crippen LogP contribution in [0.25, 0.3) is 21.9 Å². The summed E-state index contributed by atoms with van der Waals surface area (Å²) < 4.78 is 3.08. The second-order valence-electron chi connectivity index (χ2n) is 7.38. The maximum Gasteiger partial charge on any atom is 0.278 e. The highest BCUT2D eigenvalue weighted by Crippen LogP contribution is 2.24. The fourth-order valence-electron chi connectivity index (χ4n) is 3.45. The van der Waals surface area contributed by atoms with Gasteiger partial charge in [0.05, 0.1) is 22.5 Å². The lowest BCUT2D eigenvalue weighted by Crippen LogP contribution is -2.38. The van der Waals surface area contributed by atoms with Crippen LogP contribution in [0.15, 0.2) is 53.3 Å². The molecule has 29 heavy (non-hydrogen) atoms. The number of hydrogen-bond acceptors (Lipinski definition) is 5. The van der Waals surface area contributed by atoms with Crippen molar-refractivity contribution in [3.05, 3.63) is 64.7 Å². The third-order valence-corrected chi connectivity index (χ3v) is 5.01. The van der Waals surface area contributed by atoms with Crippen LogP contribution in [0.1, 0.15) is 25.7 Å². The molecule has 0 aliphatic rings. The van der Waals surface area contributed by atoms with Gasteiger partial charge < -0.3 is 9.88 Å². The second-order valence-corrected chi connectivity index (χ2v) is 7.38. The number of aryl methyl sites for hydroxylation is 1. The van der Waals surface area contributed by atoms with E-state index in [1.54, 1.807) is 24.3 Å². The Bertz CT molecular complexity index is 1260. The zero-order valence-corrected chi connectivity index (χ0v) is 16.5. The van der Waals surface area contributed by atoms with E-state index in [1.807, 2.05) is 49.7 Å². The van der Waals surface area contributed by atoms with Crippen LogP contribution in [0.2, 0.25) is 0 Å². The van der Waals surface area contributed by atoms with E-state index in [-0.39, 0.29) is 30.0 Å². The van der Waals surface area contributed by atoms with Crippen LogP contribution in [-0.4, -0.2) is 30.5 Å². The zero-order chi connectivity index (χ0) is 20.5. The molecule has 2 aromatic carbocycles. The van der Waals surface area contributed by atoms with Crippen molar-refractivity contribution < 1.29 is 4.79 Å². The van der Waals surface area contributed by atoms with Gasteiger partial charge in [0, 0.05) is 7.05 Å². The molecule has 0 unspecified atom stereocenters. The lowest BCUT2D eigenvalue weighted by molar-refractivity contribution is -0.123. The van der Waals surface area contributed by atoms with E-state index in [1.165, 1.54) is 0 Å². The van der Waals surface area contributed by atoms with Gasteiger partial charge >= 0.3 is 0 Å². The number of carbonyl (C=O) groups excluding carboxylic acids is 1. The predicted molar refractivity (Wildman–Crippen MR) is 110 cm³/mol. The lowest BCUT2D eigenvalue weighted by atomic mass is 10.0. The molecular weight excluding hydrogens is 368 g/mol. The summed E-state index contributed by atoms with van der Waals surface area (Å²) in [5.74, 6) is 0.558. The number of amides is 1. The number of imidazole rings is 1. The minimum absolute atomic E-state index is 0.105. The van der Waals surface area contributed by atoms with Crippen molar-refractivity contribution in [1.29, 1.82) is 0 Å². The molecule has 0 aliphatic heterocycles. The molecule has 2 heterocycles. The first kappa shape index (κ1) is 18.8. The standard InChI is InChI=1S/C21H22N6O2/c1-13(2)19(20-22-16-10-6-7-11-17(16)26(20)3)23-18(28)12-27-21(29)14-8-4-5-9-15(14)24-25-27/h4-11,13,19H,12H2,1-3H3,(H,23,28)/t19-/m1/s1. The minimum atomic E-state index is -0.338. The van der Waals surface area contributed by atoms with Gasteiger partial charge in [-0.1, -0.05) is 43.3 Å². The highest BCUT2D eigenvalue weighted by Gasteiger charge is 2.24. The van der Waals surface area contributed by atoms with Crippen LogP contribution in [0, 0.1) is 5.92 Å². The van der Waals surface area contributed by atoms with E-state index < -0.39 is 0 Å². The SMILES string of the molecule is CC(C)[C@@H](NC(=O)Cn1nnc2ccccc2c1=O)c1nc2ccccc2n1C. The zero-order valence-electron chi connectivity index (χ0n) is 16.5. The molecule has 8 heteroatoms. The maximum absolute atomic E-state index is 12.7. The molecule has 148 valence electrons. The quantitative estimate of drug-likeness (QED) is 0.564. The Labute approximate surface area is 167 Å². The molecule has 1 atom stereocenters. The summed E-state index contributed by atoms with van der Waals surface area (Å²) in [7, 11) is 1.94. The fourth-order valence-corrected chi connectivity index (χ4v) is 3.45. The molecule has 4 aromatic rings. The first-order valence-electron chi connectivity index (χ1n) is 9.49. The van der Waals surface area contributed by atoms with Gasteiger partial charge in [-0.2, -0.15) is 0 Å². The van der Waals surface area contributed by atoms with E-state index in [4.69, 9.17) is 4.98 Å². The molecule has 0 aliphatic carbocycles. The summed E-state index contributed by atoms with van der Waals surface area (Å²) in [5, 5.41) is 11.4. The number of hydrogen-bond donors (Lipinski definition) is 1. The van der Waals surface area contributed by atoms with Gasteiger partial charge in [-0.15, -0.1) is 5.10 Å². The fraction of sp³-hybridized carbons (Fsp3) is 0.286. The van der Waals surface area contributed by atoms with Crippen LogP contribution in [0.4, 0.5) is 0 Å². The van der Waals surface area contributed by atoms with Crippen LogP contribution in [0.3, 0.4) is 0 Å². The first-order chi connectivity index (χ1) is 14.0. The first-order valence-corrected chi connectivity index (χ1v) is 9.49. The summed E-state index contributed by atoms with van der Waals surface area (Å²) in [4.78, 5) is 30.0. The van der Waals surface area contributed by atoms with E-state index in [9.17, 15) is 9.59 Å². The largest absolute Gasteiger partial charge is 0.344 e. The third kappa shape index (κ3) is 3.49. The van der Waals surface area contributed by atoms with Crippen molar-refractivity contribution in [3.63, 3.8) is 0 Å². The van der Waals surface area contributed by atoms with E-state index >= 15 is 0 Å². The van der Waals surface area contributed by atoms with Crippen molar-refractivity contribution in [2.24, 2.45) is 13.0 Å². The molecule has 0 saturated heterocycles. The Balaban J connectivity index is 1.61. The summed E-state index contributed by atoms with van der Waals surface area (Å²) in [6.07, 6.45) is 0. The molecule has 2 aromatic heterocycles. The molecule has 8 nitrogen and oxygen atoms in total. The third-order valence-electron chi connectivity index (χ3n) is 5.01. The molecule has 0 fully saturated rings. The normalized spacial score (nSPS) is 12.6. The van der Waals surface area contributed by atoms with E-state index in [0.29, 0.717) is 10.9 Å². The molecule has 0 spiro atoms. The van der Waals surface area contributed by atoms with Crippen LogP contribution < -0.4 is 10.9 Å². The summed E-state index contributed by atoms with van der Waals surface area (Å²) >= 11 is 0. The number of aromatic nitrogens is 5. The molecule has 4 rings (SSSR count). The van der Waals surface area contributed by atoms with Gasteiger partial charge in [-0.05, 0) is 30.2 Å². The number of nitrogens with zero attached hydrogens (tertiary/aromatic N) is 5. The maximum atomic E-state index is 12.7. The highest BCUT2D eigenvalue weighted by atomic mass is 16.2. The van der Waals surface area contributed by atoms with Gasteiger partial charge in [-0.3, -0.25) is 9.59 Å². The monoisotopic (exact) mass is 390 g/mol. The van der Waals surface area contributed by atoms with E-state index in [0.717, 1.165) is 21.5 Å². The van der Waals surface area contributed by atoms with Gasteiger partial charge in [0.2, 0.25) is 5.91 Å². The van der Waals surface area contributed by atoms with Crippen molar-refractivity contribution in [1.82, 2.24) is 29.9 Å². The Morgan fingerprint density at radius 2 is 1.76 bits per heavy atom. The van der Waals surface area contributed by atoms with Crippen molar-refractivity contribution >= 4 is 27.8 Å². The number of fused-ring (bicyclic) bond motifs is 2. The van der Waals surface area contributed by atoms with E-state index in [2.05, 4.69) is 15.6 Å². The molecule has 1 amide bonds. The topological polar surface area (TPSA) is 94.7 Å². The number of carbonyl (C=O) groups is 1. The lowest BCUT2D eigenvalue weighted by Gasteiger charge is -2.22. The Morgan fingerprint density at radius 1 is 1.07 bits per heavy atom. The van der Waals surface area contributed by atoms with Crippen LogP contribution >= 0.6 is 0 Å². The van der Waals surface area contributed by atoms with Crippen molar-refractivity contribution in [3.8, 4) is 0 Å². The summed E-state index contributed by atoms with van der Waals surface area (Å²) in [6, 6.07) is 14.5. The average molecular weight is 390 g/mol. The highest BCUT2D eigenvalue weighted by molar-refractivity contribution is 5.79. The van der Waals surface area contributed by atoms with Gasteiger partial charge in [0.15, 0.2) is 0 Å². The van der Waals surface area contributed by atoms with Crippen molar-refractivity contribution in [2.75, 3.05) is 0 Å². The van der Waals surface area contributed by atoms with Crippen LogP contribution in [0.5, 0.6) is 0 Å². The summed E-state index contributed by atoms with van der Waals surface area (Å²) in [5.41, 5.74) is 2.05. The number of rotatable bonds is 5. The Hall–Kier alpha value is -3.55. The molecule has 0 bridgehead atoms. The van der Waals surface area contributed by atoms with Gasteiger partial charge in [-0.25, -0.2) is 9.67 Å². The predicted octanol–water partition coefficient (Wildman–Crippen LogP) is 2.19. The Kier molecular flexibility index (Phi) is 4.84. The van der Waals surface area contributed by atoms with Crippen molar-refractivity contribution in [2.45, 2.75) is 26.4 Å². The number of nitrogens with one attached hydrogen (secondary N) is 1. The molecule has 0 radical (unpaired) electrons. The van der Waals surface area contributed by atoms with Gasteiger partial charge in [0.25, 0.3) is 5.56 Å². The smallest absolute Gasteiger partial charge is 0.278 e. The number of para-hydroxylation sites is 2. The average Bonchev–Trinajstić information content (AvgIpc) is 3.05. The van der Waals surface area contributed by atoms with Crippen LogP contribution in [-0.2, 0) is 18.4 Å².